The van der Waals surface area contributed by atoms with Gasteiger partial charge in [0.05, 0.1) is 12.3 Å². The van der Waals surface area contributed by atoms with Gasteiger partial charge in [0.1, 0.15) is 5.75 Å². The van der Waals surface area contributed by atoms with Gasteiger partial charge in [-0.05, 0) is 37.5 Å². The van der Waals surface area contributed by atoms with Crippen molar-refractivity contribution < 1.29 is 9.53 Å². The number of hydrogen-bond donors (Lipinski definition) is 2. The SMILES string of the molecule is CCCOc1cc(C(=O)NC2CCCCC2)ccc1N. The van der Waals surface area contributed by atoms with Gasteiger partial charge < -0.3 is 15.8 Å². The Kier molecular flexibility index (Phi) is 5.27. The van der Waals surface area contributed by atoms with Gasteiger partial charge in [-0.25, -0.2) is 0 Å². The van der Waals surface area contributed by atoms with Gasteiger partial charge >= 0.3 is 0 Å². The number of rotatable bonds is 5. The van der Waals surface area contributed by atoms with E-state index in [4.69, 9.17) is 10.5 Å². The van der Waals surface area contributed by atoms with Crippen molar-refractivity contribution in [3.63, 3.8) is 0 Å². The Morgan fingerprint density at radius 1 is 1.35 bits per heavy atom. The second-order valence-corrected chi connectivity index (χ2v) is 5.41. The van der Waals surface area contributed by atoms with Crippen molar-refractivity contribution >= 4 is 11.6 Å². The molecule has 0 bridgehead atoms. The number of carbonyl (C=O) groups excluding carboxylic acids is 1. The predicted octanol–water partition coefficient (Wildman–Crippen LogP) is 3.12. The number of nitrogen functional groups attached to an aromatic ring is 1. The Balaban J connectivity index is 2.01. The molecule has 0 unspecified atom stereocenters. The Morgan fingerprint density at radius 2 is 2.10 bits per heavy atom. The number of benzene rings is 1. The topological polar surface area (TPSA) is 64.3 Å². The molecule has 1 aliphatic rings. The fourth-order valence-electron chi connectivity index (χ4n) is 2.53. The highest BCUT2D eigenvalue weighted by molar-refractivity contribution is 5.95. The Morgan fingerprint density at radius 3 is 2.80 bits per heavy atom. The van der Waals surface area contributed by atoms with E-state index in [1.807, 2.05) is 6.92 Å². The summed E-state index contributed by atoms with van der Waals surface area (Å²) >= 11 is 0. The molecule has 0 spiro atoms. The Bertz CT molecular complexity index is 454. The smallest absolute Gasteiger partial charge is 0.251 e. The maximum absolute atomic E-state index is 12.2. The number of amides is 1. The molecule has 4 heteroatoms. The van der Waals surface area contributed by atoms with Gasteiger partial charge in [-0.1, -0.05) is 26.2 Å². The molecule has 1 aliphatic carbocycles. The fourth-order valence-corrected chi connectivity index (χ4v) is 2.53. The van der Waals surface area contributed by atoms with Crippen LogP contribution >= 0.6 is 0 Å². The molecular weight excluding hydrogens is 252 g/mol. The molecule has 20 heavy (non-hydrogen) atoms. The van der Waals surface area contributed by atoms with Crippen molar-refractivity contribution in [1.29, 1.82) is 0 Å². The van der Waals surface area contributed by atoms with Gasteiger partial charge in [-0.2, -0.15) is 0 Å². The number of hydrogen-bond acceptors (Lipinski definition) is 3. The zero-order valence-electron chi connectivity index (χ0n) is 12.2. The lowest BCUT2D eigenvalue weighted by Gasteiger charge is -2.22. The van der Waals surface area contributed by atoms with E-state index in [0.29, 0.717) is 29.6 Å². The Labute approximate surface area is 120 Å². The monoisotopic (exact) mass is 276 g/mol. The first-order valence-corrected chi connectivity index (χ1v) is 7.54. The average molecular weight is 276 g/mol. The van der Waals surface area contributed by atoms with Crippen molar-refractivity contribution in [1.82, 2.24) is 5.32 Å². The van der Waals surface area contributed by atoms with Crippen LogP contribution in [-0.4, -0.2) is 18.6 Å². The second kappa shape index (κ2) is 7.17. The van der Waals surface area contributed by atoms with Crippen LogP contribution in [0.25, 0.3) is 0 Å². The number of carbonyl (C=O) groups is 1. The van der Waals surface area contributed by atoms with Crippen LogP contribution in [0.5, 0.6) is 5.75 Å². The zero-order valence-corrected chi connectivity index (χ0v) is 12.2. The summed E-state index contributed by atoms with van der Waals surface area (Å²) < 4.78 is 5.56. The number of anilines is 1. The summed E-state index contributed by atoms with van der Waals surface area (Å²) in [7, 11) is 0. The first-order valence-electron chi connectivity index (χ1n) is 7.54. The van der Waals surface area contributed by atoms with Crippen molar-refractivity contribution in [3.05, 3.63) is 23.8 Å². The van der Waals surface area contributed by atoms with Crippen LogP contribution < -0.4 is 15.8 Å². The largest absolute Gasteiger partial charge is 0.491 e. The number of nitrogens with two attached hydrogens (primary N) is 1. The van der Waals surface area contributed by atoms with Crippen LogP contribution in [0.3, 0.4) is 0 Å². The molecule has 0 aliphatic heterocycles. The number of nitrogens with one attached hydrogen (secondary N) is 1. The van der Waals surface area contributed by atoms with E-state index in [0.717, 1.165) is 19.3 Å². The third-order valence-corrected chi connectivity index (χ3v) is 3.68. The first kappa shape index (κ1) is 14.7. The van der Waals surface area contributed by atoms with Gasteiger partial charge in [0.25, 0.3) is 5.91 Å². The maximum atomic E-state index is 12.2. The molecule has 0 heterocycles. The molecule has 2 rings (SSSR count). The van der Waals surface area contributed by atoms with Crippen LogP contribution in [0.4, 0.5) is 5.69 Å². The predicted molar refractivity (Wildman–Crippen MR) is 81.0 cm³/mol. The van der Waals surface area contributed by atoms with Crippen LogP contribution in [0, 0.1) is 0 Å². The van der Waals surface area contributed by atoms with Gasteiger partial charge in [-0.3, -0.25) is 4.79 Å². The molecule has 110 valence electrons. The van der Waals surface area contributed by atoms with E-state index in [1.165, 1.54) is 19.3 Å². The summed E-state index contributed by atoms with van der Waals surface area (Å²) in [4.78, 5) is 12.2. The van der Waals surface area contributed by atoms with Gasteiger partial charge in [0.15, 0.2) is 0 Å². The maximum Gasteiger partial charge on any atom is 0.251 e. The molecule has 0 atom stereocenters. The summed E-state index contributed by atoms with van der Waals surface area (Å²) in [5, 5.41) is 3.10. The molecule has 3 N–H and O–H groups in total. The molecule has 4 nitrogen and oxygen atoms in total. The highest BCUT2D eigenvalue weighted by Crippen LogP contribution is 2.24. The number of ether oxygens (including phenoxy) is 1. The van der Waals surface area contributed by atoms with E-state index in [1.54, 1.807) is 18.2 Å². The molecule has 0 radical (unpaired) electrons. The minimum atomic E-state index is -0.0294. The highest BCUT2D eigenvalue weighted by atomic mass is 16.5. The van der Waals surface area contributed by atoms with Gasteiger partial charge in [-0.15, -0.1) is 0 Å². The lowest BCUT2D eigenvalue weighted by Crippen LogP contribution is -2.36. The molecule has 1 aromatic carbocycles. The van der Waals surface area contributed by atoms with Gasteiger partial charge in [0, 0.05) is 11.6 Å². The van der Waals surface area contributed by atoms with Gasteiger partial charge in [0.2, 0.25) is 0 Å². The molecule has 1 saturated carbocycles. The second-order valence-electron chi connectivity index (χ2n) is 5.41. The van der Waals surface area contributed by atoms with Crippen molar-refractivity contribution in [2.24, 2.45) is 0 Å². The fraction of sp³-hybridized carbons (Fsp3) is 0.562. The summed E-state index contributed by atoms with van der Waals surface area (Å²) in [5.74, 6) is 0.571. The van der Waals surface area contributed by atoms with Crippen LogP contribution in [0.2, 0.25) is 0 Å². The van der Waals surface area contributed by atoms with Crippen molar-refractivity contribution in [2.45, 2.75) is 51.5 Å². The normalized spacial score (nSPS) is 15.8. The van der Waals surface area contributed by atoms with E-state index in [9.17, 15) is 4.79 Å². The van der Waals surface area contributed by atoms with Crippen molar-refractivity contribution in [2.75, 3.05) is 12.3 Å². The van der Waals surface area contributed by atoms with E-state index in [2.05, 4.69) is 5.32 Å². The summed E-state index contributed by atoms with van der Waals surface area (Å²) in [6, 6.07) is 5.55. The summed E-state index contributed by atoms with van der Waals surface area (Å²) in [6.45, 7) is 2.65. The van der Waals surface area contributed by atoms with Crippen LogP contribution in [0.1, 0.15) is 55.8 Å². The lowest BCUT2D eigenvalue weighted by molar-refractivity contribution is 0.0927. The zero-order chi connectivity index (χ0) is 14.4. The minimum Gasteiger partial charge on any atom is -0.491 e. The molecule has 1 fully saturated rings. The molecule has 1 amide bonds. The summed E-state index contributed by atoms with van der Waals surface area (Å²) in [6.07, 6.45) is 6.77. The molecule has 0 aromatic heterocycles. The molecule has 1 aromatic rings. The Hall–Kier alpha value is -1.71. The van der Waals surface area contributed by atoms with E-state index in [-0.39, 0.29) is 5.91 Å². The van der Waals surface area contributed by atoms with E-state index >= 15 is 0 Å². The minimum absolute atomic E-state index is 0.0294. The molecule has 0 saturated heterocycles. The quantitative estimate of drug-likeness (QED) is 0.812. The lowest BCUT2D eigenvalue weighted by atomic mass is 9.95. The summed E-state index contributed by atoms with van der Waals surface area (Å²) in [5.41, 5.74) is 7.06. The highest BCUT2D eigenvalue weighted by Gasteiger charge is 2.17. The average Bonchev–Trinajstić information content (AvgIpc) is 2.47. The standard InChI is InChI=1S/C16H24N2O2/c1-2-10-20-15-11-12(8-9-14(15)17)16(19)18-13-6-4-3-5-7-13/h8-9,11,13H,2-7,10,17H2,1H3,(H,18,19). The molecular formula is C16H24N2O2. The first-order chi connectivity index (χ1) is 9.70. The van der Waals surface area contributed by atoms with Crippen LogP contribution in [-0.2, 0) is 0 Å². The third-order valence-electron chi connectivity index (χ3n) is 3.68. The van der Waals surface area contributed by atoms with Crippen molar-refractivity contribution in [3.8, 4) is 5.75 Å². The third kappa shape index (κ3) is 3.89. The van der Waals surface area contributed by atoms with Crippen LogP contribution in [0.15, 0.2) is 18.2 Å². The van der Waals surface area contributed by atoms with E-state index < -0.39 is 0 Å².